The predicted octanol–water partition coefficient (Wildman–Crippen LogP) is -0.982. The fourth-order valence-corrected chi connectivity index (χ4v) is 2.49. The van der Waals surface area contributed by atoms with Gasteiger partial charge in [0.25, 0.3) is 5.37 Å². The van der Waals surface area contributed by atoms with Crippen molar-refractivity contribution in [1.82, 2.24) is 5.32 Å². The van der Waals surface area contributed by atoms with E-state index < -0.39 is 25.9 Å². The number of carbonyl (C=O) groups is 1. The molecular weight excluding hydrogens is 248 g/mol. The Hall–Kier alpha value is -0.700. The largest absolute Gasteiger partial charge is 0.743 e. The highest BCUT2D eigenvalue weighted by Crippen LogP contribution is 2.09. The second-order valence-electron chi connectivity index (χ2n) is 4.76. The maximum Gasteiger partial charge on any atom is 0.377 e. The molecule has 1 aliphatic heterocycles. The summed E-state index contributed by atoms with van der Waals surface area (Å²) in [6, 6.07) is 0. The fourth-order valence-electron chi connectivity index (χ4n) is 1.47. The van der Waals surface area contributed by atoms with Crippen molar-refractivity contribution in [3.8, 4) is 0 Å². The van der Waals surface area contributed by atoms with Gasteiger partial charge in [0.1, 0.15) is 0 Å². The molecule has 8 heteroatoms. The molecule has 0 spiro atoms. The molecule has 2 N–H and O–H groups in total. The first-order valence-electron chi connectivity index (χ1n) is 5.26. The highest BCUT2D eigenvalue weighted by Gasteiger charge is 2.37. The SMILES string of the molecule is C1CCNC1.C[N+](C)(C)C(C(=O)O)S(=O)(=O)[O-]. The molecule has 7 nitrogen and oxygen atoms in total. The van der Waals surface area contributed by atoms with Crippen LogP contribution in [0.15, 0.2) is 0 Å². The van der Waals surface area contributed by atoms with Crippen LogP contribution in [0.25, 0.3) is 0 Å². The Balaban J connectivity index is 0.000000419. The number of aliphatic carboxylic acids is 1. The van der Waals surface area contributed by atoms with Crippen molar-refractivity contribution in [3.05, 3.63) is 0 Å². The van der Waals surface area contributed by atoms with Crippen LogP contribution in [0.2, 0.25) is 0 Å². The summed E-state index contributed by atoms with van der Waals surface area (Å²) in [6.07, 6.45) is 2.78. The highest BCUT2D eigenvalue weighted by molar-refractivity contribution is 7.86. The van der Waals surface area contributed by atoms with Crippen molar-refractivity contribution in [2.75, 3.05) is 34.2 Å². The summed E-state index contributed by atoms with van der Waals surface area (Å²) >= 11 is 0. The quantitative estimate of drug-likeness (QED) is 0.503. The molecular formula is C9H20N2O5S. The van der Waals surface area contributed by atoms with E-state index in [-0.39, 0.29) is 0 Å². The molecule has 1 aliphatic rings. The van der Waals surface area contributed by atoms with Gasteiger partial charge < -0.3 is 19.5 Å². The van der Waals surface area contributed by atoms with Crippen LogP contribution in [0.5, 0.6) is 0 Å². The summed E-state index contributed by atoms with van der Waals surface area (Å²) in [5.41, 5.74) is 0. The molecule has 0 saturated carbocycles. The molecule has 0 aliphatic carbocycles. The molecule has 1 fully saturated rings. The molecule has 17 heavy (non-hydrogen) atoms. The minimum atomic E-state index is -4.80. The Morgan fingerprint density at radius 2 is 1.71 bits per heavy atom. The molecule has 0 aromatic rings. The number of carboxylic acids is 1. The third-order valence-corrected chi connectivity index (χ3v) is 3.53. The van der Waals surface area contributed by atoms with E-state index >= 15 is 0 Å². The molecule has 1 rings (SSSR count). The summed E-state index contributed by atoms with van der Waals surface area (Å²) in [5.74, 6) is -1.63. The Bertz CT molecular complexity index is 335. The second-order valence-corrected chi connectivity index (χ2v) is 6.19. The lowest BCUT2D eigenvalue weighted by Gasteiger charge is -2.31. The van der Waals surface area contributed by atoms with Crippen LogP contribution in [0.3, 0.4) is 0 Å². The second kappa shape index (κ2) is 6.29. The zero-order chi connectivity index (χ0) is 13.7. The van der Waals surface area contributed by atoms with Gasteiger partial charge in [-0.25, -0.2) is 13.2 Å². The van der Waals surface area contributed by atoms with Crippen LogP contribution in [0.1, 0.15) is 12.8 Å². The molecule has 1 atom stereocenters. The highest BCUT2D eigenvalue weighted by atomic mass is 32.2. The van der Waals surface area contributed by atoms with Gasteiger partial charge >= 0.3 is 5.97 Å². The maximum atomic E-state index is 10.5. The van der Waals surface area contributed by atoms with Gasteiger partial charge in [-0.2, -0.15) is 0 Å². The number of hydrogen-bond donors (Lipinski definition) is 2. The molecule has 0 amide bonds. The molecule has 1 unspecified atom stereocenters. The van der Waals surface area contributed by atoms with Gasteiger partial charge in [-0.3, -0.25) is 0 Å². The van der Waals surface area contributed by atoms with E-state index in [0.717, 1.165) is 0 Å². The smallest absolute Gasteiger partial charge is 0.377 e. The normalized spacial score (nSPS) is 18.1. The minimum absolute atomic E-state index is 0.443. The van der Waals surface area contributed by atoms with Gasteiger partial charge in [-0.05, 0) is 25.9 Å². The van der Waals surface area contributed by atoms with Crippen molar-refractivity contribution in [3.63, 3.8) is 0 Å². The summed E-state index contributed by atoms with van der Waals surface area (Å²) in [6.45, 7) is 2.50. The van der Waals surface area contributed by atoms with Gasteiger partial charge in [0, 0.05) is 0 Å². The molecule has 0 bridgehead atoms. The van der Waals surface area contributed by atoms with Gasteiger partial charge in [-0.15, -0.1) is 0 Å². The summed E-state index contributed by atoms with van der Waals surface area (Å²) in [4.78, 5) is 10.4. The van der Waals surface area contributed by atoms with E-state index in [1.54, 1.807) is 0 Å². The first-order valence-corrected chi connectivity index (χ1v) is 6.73. The van der Waals surface area contributed by atoms with Crippen LogP contribution in [-0.4, -0.2) is 68.1 Å². The van der Waals surface area contributed by atoms with E-state index in [4.69, 9.17) is 5.11 Å². The average Bonchev–Trinajstić information content (AvgIpc) is 2.50. The molecule has 0 aromatic heterocycles. The van der Waals surface area contributed by atoms with Crippen molar-refractivity contribution in [2.24, 2.45) is 0 Å². The molecule has 1 saturated heterocycles. The van der Waals surface area contributed by atoms with Gasteiger partial charge in [0.05, 0.1) is 21.1 Å². The summed E-state index contributed by atoms with van der Waals surface area (Å²) < 4.78 is 31.0. The molecule has 0 aromatic carbocycles. The van der Waals surface area contributed by atoms with Crippen molar-refractivity contribution < 1.29 is 27.4 Å². The first-order chi connectivity index (χ1) is 7.57. The third kappa shape index (κ3) is 6.57. The number of quaternary nitrogens is 1. The van der Waals surface area contributed by atoms with E-state index in [9.17, 15) is 17.8 Å². The number of likely N-dealkylation sites (N-methyl/N-ethyl adjacent to an activating group) is 1. The van der Waals surface area contributed by atoms with E-state index in [1.165, 1.54) is 47.1 Å². The van der Waals surface area contributed by atoms with Crippen LogP contribution in [0.4, 0.5) is 0 Å². The average molecular weight is 268 g/mol. The summed E-state index contributed by atoms with van der Waals surface area (Å²) in [5, 5.41) is 9.73. The zero-order valence-electron chi connectivity index (χ0n) is 10.3. The summed E-state index contributed by atoms with van der Waals surface area (Å²) in [7, 11) is -0.816. The zero-order valence-corrected chi connectivity index (χ0v) is 11.2. The van der Waals surface area contributed by atoms with Crippen LogP contribution < -0.4 is 5.32 Å². The van der Waals surface area contributed by atoms with Gasteiger partial charge in [0.15, 0.2) is 10.1 Å². The van der Waals surface area contributed by atoms with Crippen molar-refractivity contribution in [1.29, 1.82) is 0 Å². The standard InChI is InChI=1S/C5H11NO5S.C4H9N/c1-6(2,3)4(5(7)8)12(9,10)11;1-2-4-5-3-1/h4H,1-3H3,(H-,7,8,9,10,11);5H,1-4H2. The third-order valence-electron chi connectivity index (χ3n) is 2.15. The maximum absolute atomic E-state index is 10.5. The minimum Gasteiger partial charge on any atom is -0.743 e. The van der Waals surface area contributed by atoms with Crippen molar-refractivity contribution >= 4 is 16.1 Å². The van der Waals surface area contributed by atoms with Gasteiger partial charge in [0.2, 0.25) is 0 Å². The predicted molar refractivity (Wildman–Crippen MR) is 61.3 cm³/mol. The van der Waals surface area contributed by atoms with E-state index in [2.05, 4.69) is 5.32 Å². The van der Waals surface area contributed by atoms with E-state index in [1.807, 2.05) is 0 Å². The Kier molecular flexibility index (Phi) is 6.03. The van der Waals surface area contributed by atoms with Gasteiger partial charge in [-0.1, -0.05) is 0 Å². The Morgan fingerprint density at radius 3 is 1.76 bits per heavy atom. The lowest BCUT2D eigenvalue weighted by Crippen LogP contribution is -2.54. The van der Waals surface area contributed by atoms with Crippen molar-refractivity contribution in [2.45, 2.75) is 18.2 Å². The topological polar surface area (TPSA) is 107 Å². The lowest BCUT2D eigenvalue weighted by molar-refractivity contribution is -0.873. The lowest BCUT2D eigenvalue weighted by atomic mass is 10.4. The fraction of sp³-hybridized carbons (Fsp3) is 0.889. The number of hydrogen-bond acceptors (Lipinski definition) is 5. The Morgan fingerprint density at radius 1 is 1.29 bits per heavy atom. The Labute approximate surface area is 102 Å². The number of nitrogens with one attached hydrogen (secondary N) is 1. The number of rotatable bonds is 3. The monoisotopic (exact) mass is 268 g/mol. The number of nitrogens with zero attached hydrogens (tertiary/aromatic N) is 1. The van der Waals surface area contributed by atoms with Crippen LogP contribution in [-0.2, 0) is 14.9 Å². The molecule has 102 valence electrons. The van der Waals surface area contributed by atoms with E-state index in [0.29, 0.717) is 0 Å². The molecule has 0 radical (unpaired) electrons. The molecule has 1 heterocycles. The first kappa shape index (κ1) is 16.3. The number of carboxylic acid groups (broad SMARTS) is 1. The van der Waals surface area contributed by atoms with Crippen LogP contribution in [0, 0.1) is 0 Å². The van der Waals surface area contributed by atoms with Crippen LogP contribution >= 0.6 is 0 Å².